The van der Waals surface area contributed by atoms with Crippen molar-refractivity contribution in [3.8, 4) is 0 Å². The minimum absolute atomic E-state index is 0.0957. The summed E-state index contributed by atoms with van der Waals surface area (Å²) in [5.41, 5.74) is 9.98. The number of fused-ring (bicyclic) bond motifs is 2. The van der Waals surface area contributed by atoms with Crippen LogP contribution >= 0.6 is 0 Å². The number of aryl methyl sites for hydroxylation is 1. The first-order valence-corrected chi connectivity index (χ1v) is 6.68. The molecule has 1 aromatic carbocycles. The van der Waals surface area contributed by atoms with Gasteiger partial charge in [0.25, 0.3) is 0 Å². The summed E-state index contributed by atoms with van der Waals surface area (Å²) in [4.78, 5) is 0. The topological polar surface area (TPSA) is 26.0 Å². The highest BCUT2D eigenvalue weighted by atomic mass is 19.1. The molecule has 3 rings (SSSR count). The maximum absolute atomic E-state index is 13.7. The summed E-state index contributed by atoms with van der Waals surface area (Å²) in [7, 11) is 0. The summed E-state index contributed by atoms with van der Waals surface area (Å²) in [5, 5.41) is 0. The van der Waals surface area contributed by atoms with E-state index in [0.717, 1.165) is 18.4 Å². The Kier molecular flexibility index (Phi) is 2.51. The van der Waals surface area contributed by atoms with Crippen LogP contribution in [0.2, 0.25) is 0 Å². The van der Waals surface area contributed by atoms with E-state index in [4.69, 9.17) is 5.73 Å². The third kappa shape index (κ3) is 1.61. The molecular weight excluding hydrogens is 213 g/mol. The van der Waals surface area contributed by atoms with E-state index in [9.17, 15) is 4.39 Å². The van der Waals surface area contributed by atoms with Crippen LogP contribution in [-0.4, -0.2) is 0 Å². The van der Waals surface area contributed by atoms with Crippen LogP contribution in [-0.2, 0) is 5.41 Å². The monoisotopic (exact) mass is 233 g/mol. The van der Waals surface area contributed by atoms with Gasteiger partial charge in [0.1, 0.15) is 5.82 Å². The van der Waals surface area contributed by atoms with E-state index in [1.807, 2.05) is 6.92 Å². The van der Waals surface area contributed by atoms with E-state index in [2.05, 4.69) is 0 Å². The Labute approximate surface area is 102 Å². The van der Waals surface area contributed by atoms with E-state index in [1.165, 1.54) is 36.8 Å². The van der Waals surface area contributed by atoms with Gasteiger partial charge in [-0.25, -0.2) is 4.39 Å². The summed E-state index contributed by atoms with van der Waals surface area (Å²) in [6.45, 7) is 2.00. The molecular formula is C15H20FN. The van der Waals surface area contributed by atoms with Crippen LogP contribution < -0.4 is 5.73 Å². The van der Waals surface area contributed by atoms with E-state index < -0.39 is 0 Å². The van der Waals surface area contributed by atoms with E-state index >= 15 is 0 Å². The molecule has 0 aliphatic heterocycles. The van der Waals surface area contributed by atoms with Gasteiger partial charge in [0.2, 0.25) is 0 Å². The predicted octanol–water partition coefficient (Wildman–Crippen LogP) is 3.74. The third-order valence-corrected chi connectivity index (χ3v) is 4.79. The number of benzene rings is 1. The first-order valence-electron chi connectivity index (χ1n) is 6.68. The van der Waals surface area contributed by atoms with Crippen LogP contribution in [0.15, 0.2) is 12.1 Å². The molecule has 0 amide bonds. The lowest BCUT2D eigenvalue weighted by Crippen LogP contribution is -2.33. The second kappa shape index (κ2) is 3.81. The van der Waals surface area contributed by atoms with Crippen molar-refractivity contribution in [2.45, 2.75) is 56.9 Å². The van der Waals surface area contributed by atoms with Crippen molar-refractivity contribution >= 4 is 0 Å². The molecule has 0 aromatic heterocycles. The molecule has 2 heteroatoms. The van der Waals surface area contributed by atoms with Crippen molar-refractivity contribution < 1.29 is 4.39 Å². The fourth-order valence-corrected chi connectivity index (χ4v) is 3.97. The van der Waals surface area contributed by atoms with Crippen LogP contribution in [0.1, 0.15) is 61.3 Å². The maximum Gasteiger partial charge on any atom is 0.123 e. The van der Waals surface area contributed by atoms with E-state index in [0.29, 0.717) is 0 Å². The summed E-state index contributed by atoms with van der Waals surface area (Å²) >= 11 is 0. The Morgan fingerprint density at radius 1 is 1.24 bits per heavy atom. The van der Waals surface area contributed by atoms with Crippen LogP contribution in [0.3, 0.4) is 0 Å². The summed E-state index contributed by atoms with van der Waals surface area (Å²) in [6, 6.07) is 3.50. The fraction of sp³-hybridized carbons (Fsp3) is 0.600. The number of rotatable bonds is 0. The summed E-state index contributed by atoms with van der Waals surface area (Å²) < 4.78 is 13.7. The molecule has 2 aliphatic rings. The van der Waals surface area contributed by atoms with Crippen molar-refractivity contribution in [2.75, 3.05) is 0 Å². The Balaban J connectivity index is 2.20. The molecule has 2 aliphatic carbocycles. The molecule has 17 heavy (non-hydrogen) atoms. The van der Waals surface area contributed by atoms with Crippen molar-refractivity contribution in [1.29, 1.82) is 0 Å². The zero-order chi connectivity index (χ0) is 12.0. The average molecular weight is 233 g/mol. The van der Waals surface area contributed by atoms with Gasteiger partial charge in [-0.05, 0) is 66.8 Å². The minimum Gasteiger partial charge on any atom is -0.324 e. The van der Waals surface area contributed by atoms with Gasteiger partial charge in [0.05, 0.1) is 0 Å². The minimum atomic E-state index is -0.0957. The number of nitrogens with two attached hydrogens (primary N) is 1. The Morgan fingerprint density at radius 3 is 2.65 bits per heavy atom. The summed E-state index contributed by atoms with van der Waals surface area (Å²) in [5.74, 6) is -0.0957. The van der Waals surface area contributed by atoms with Crippen molar-refractivity contribution in [1.82, 2.24) is 0 Å². The smallest absolute Gasteiger partial charge is 0.123 e. The molecule has 1 atom stereocenters. The van der Waals surface area contributed by atoms with Crippen molar-refractivity contribution in [2.24, 2.45) is 5.73 Å². The molecule has 2 N–H and O–H groups in total. The lowest BCUT2D eigenvalue weighted by molar-refractivity contribution is 0.341. The van der Waals surface area contributed by atoms with Gasteiger partial charge >= 0.3 is 0 Å². The van der Waals surface area contributed by atoms with Gasteiger partial charge in [0.15, 0.2) is 0 Å². The van der Waals surface area contributed by atoms with Gasteiger partial charge in [0, 0.05) is 6.04 Å². The normalized spacial score (nSPS) is 26.2. The van der Waals surface area contributed by atoms with Gasteiger partial charge in [-0.2, -0.15) is 0 Å². The molecule has 1 fully saturated rings. The predicted molar refractivity (Wildman–Crippen MR) is 67.4 cm³/mol. The highest BCUT2D eigenvalue weighted by Gasteiger charge is 2.41. The highest BCUT2D eigenvalue weighted by molar-refractivity contribution is 5.44. The Bertz CT molecular complexity index is 446. The van der Waals surface area contributed by atoms with Gasteiger partial charge in [-0.15, -0.1) is 0 Å². The quantitative estimate of drug-likeness (QED) is 0.725. The second-order valence-corrected chi connectivity index (χ2v) is 5.82. The number of hydrogen-bond acceptors (Lipinski definition) is 1. The first kappa shape index (κ1) is 11.2. The molecule has 92 valence electrons. The summed E-state index contributed by atoms with van der Waals surface area (Å²) in [6.07, 6.45) is 7.20. The van der Waals surface area contributed by atoms with Crippen LogP contribution in [0, 0.1) is 12.7 Å². The molecule has 1 nitrogen and oxygen atoms in total. The average Bonchev–Trinajstić information content (AvgIpc) is 2.73. The molecule has 0 radical (unpaired) electrons. The third-order valence-electron chi connectivity index (χ3n) is 4.79. The van der Waals surface area contributed by atoms with E-state index in [-0.39, 0.29) is 17.3 Å². The first-order chi connectivity index (χ1) is 8.12. The van der Waals surface area contributed by atoms with E-state index in [1.54, 1.807) is 12.1 Å². The highest BCUT2D eigenvalue weighted by Crippen LogP contribution is 2.51. The molecule has 1 aromatic rings. The zero-order valence-corrected chi connectivity index (χ0v) is 10.4. The number of halogens is 1. The fourth-order valence-electron chi connectivity index (χ4n) is 3.97. The standard InChI is InChI=1S/C15H20FN/c1-10-8-11(16)9-12-14(10)13(17)4-7-15(12)5-2-3-6-15/h8-9,13H,2-7,17H2,1H3. The zero-order valence-electron chi connectivity index (χ0n) is 10.4. The van der Waals surface area contributed by atoms with Crippen molar-refractivity contribution in [3.05, 3.63) is 34.6 Å². The number of hydrogen-bond donors (Lipinski definition) is 1. The SMILES string of the molecule is Cc1cc(F)cc2c1C(N)CCC21CCCC1. The van der Waals surface area contributed by atoms with Crippen LogP contribution in [0.25, 0.3) is 0 Å². The maximum atomic E-state index is 13.7. The molecule has 0 heterocycles. The largest absolute Gasteiger partial charge is 0.324 e. The lowest BCUT2D eigenvalue weighted by atomic mass is 9.66. The second-order valence-electron chi connectivity index (χ2n) is 5.82. The Morgan fingerprint density at radius 2 is 1.94 bits per heavy atom. The van der Waals surface area contributed by atoms with Gasteiger partial charge < -0.3 is 5.73 Å². The molecule has 1 saturated carbocycles. The van der Waals surface area contributed by atoms with Crippen molar-refractivity contribution in [3.63, 3.8) is 0 Å². The van der Waals surface area contributed by atoms with Gasteiger partial charge in [-0.3, -0.25) is 0 Å². The van der Waals surface area contributed by atoms with Gasteiger partial charge in [-0.1, -0.05) is 12.8 Å². The Hall–Kier alpha value is -0.890. The molecule has 0 saturated heterocycles. The molecule has 1 spiro atoms. The molecule has 0 bridgehead atoms. The van der Waals surface area contributed by atoms with Crippen LogP contribution in [0.5, 0.6) is 0 Å². The lowest BCUT2D eigenvalue weighted by Gasteiger charge is -2.39. The molecule has 1 unspecified atom stereocenters. The van der Waals surface area contributed by atoms with Crippen LogP contribution in [0.4, 0.5) is 4.39 Å².